The van der Waals surface area contributed by atoms with Crippen molar-refractivity contribution in [2.24, 2.45) is 0 Å². The van der Waals surface area contributed by atoms with Crippen molar-refractivity contribution in [2.45, 2.75) is 37.0 Å². The number of benzene rings is 2. The first-order valence-electron chi connectivity index (χ1n) is 9.62. The van der Waals surface area contributed by atoms with Crippen LogP contribution in [0.25, 0.3) is 10.9 Å². The van der Waals surface area contributed by atoms with Crippen LogP contribution in [-0.2, 0) is 10.0 Å². The van der Waals surface area contributed by atoms with Crippen LogP contribution in [-0.4, -0.2) is 37.4 Å². The van der Waals surface area contributed by atoms with Crippen LogP contribution in [0.15, 0.2) is 58.0 Å². The zero-order chi connectivity index (χ0) is 20.1. The molecule has 1 fully saturated rings. The van der Waals surface area contributed by atoms with Crippen molar-refractivity contribution in [1.82, 2.24) is 8.87 Å². The fourth-order valence-corrected chi connectivity index (χ4v) is 5.68. The van der Waals surface area contributed by atoms with Gasteiger partial charge in [0.1, 0.15) is 0 Å². The van der Waals surface area contributed by atoms with Gasteiger partial charge in [-0.05, 0) is 79.4 Å². The van der Waals surface area contributed by atoms with E-state index in [9.17, 15) is 8.42 Å². The average molecular weight is 461 g/mol. The van der Waals surface area contributed by atoms with E-state index in [0.29, 0.717) is 16.7 Å². The fourth-order valence-electron chi connectivity index (χ4n) is 4.03. The second-order valence-electron chi connectivity index (χ2n) is 8.02. The van der Waals surface area contributed by atoms with Crippen LogP contribution in [0.5, 0.6) is 0 Å². The van der Waals surface area contributed by atoms with Gasteiger partial charge in [0, 0.05) is 22.6 Å². The highest BCUT2D eigenvalue weighted by atomic mass is 79.9. The molecule has 2 heterocycles. The molecule has 0 spiro atoms. The molecule has 4 nitrogen and oxygen atoms in total. The van der Waals surface area contributed by atoms with Gasteiger partial charge in [-0.15, -0.1) is 0 Å². The molecule has 0 amide bonds. The number of hydrogen-bond acceptors (Lipinski definition) is 3. The van der Waals surface area contributed by atoms with Gasteiger partial charge in [0.15, 0.2) is 0 Å². The van der Waals surface area contributed by atoms with Gasteiger partial charge < -0.3 is 4.90 Å². The Balaban J connectivity index is 1.92. The summed E-state index contributed by atoms with van der Waals surface area (Å²) >= 11 is 3.38. The number of likely N-dealkylation sites (N-methyl/N-ethyl adjacent to an activating group) is 1. The molecule has 2 aromatic carbocycles. The largest absolute Gasteiger partial charge is 0.306 e. The highest BCUT2D eigenvalue weighted by Gasteiger charge is 2.28. The first-order chi connectivity index (χ1) is 13.3. The lowest BCUT2D eigenvalue weighted by Gasteiger charge is -2.11. The smallest absolute Gasteiger partial charge is 0.268 e. The quantitative estimate of drug-likeness (QED) is 0.538. The minimum atomic E-state index is -3.66. The summed E-state index contributed by atoms with van der Waals surface area (Å²) in [6.07, 6.45) is 2.91. The van der Waals surface area contributed by atoms with Gasteiger partial charge in [-0.3, -0.25) is 0 Å². The monoisotopic (exact) mass is 460 g/mol. The molecule has 28 heavy (non-hydrogen) atoms. The third-order valence-electron chi connectivity index (χ3n) is 5.69. The van der Waals surface area contributed by atoms with Crippen LogP contribution in [0.2, 0.25) is 0 Å². The number of rotatable bonds is 4. The third-order valence-corrected chi connectivity index (χ3v) is 7.91. The van der Waals surface area contributed by atoms with Crippen molar-refractivity contribution in [2.75, 3.05) is 20.1 Å². The molecule has 0 unspecified atom stereocenters. The second-order valence-corrected chi connectivity index (χ2v) is 10.7. The average Bonchev–Trinajstić information content (AvgIpc) is 3.25. The molecule has 1 atom stereocenters. The fraction of sp³-hybridized carbons (Fsp3) is 0.364. The Hall–Kier alpha value is -1.63. The van der Waals surface area contributed by atoms with Gasteiger partial charge in [0.25, 0.3) is 10.0 Å². The van der Waals surface area contributed by atoms with E-state index in [1.807, 2.05) is 18.3 Å². The molecule has 1 aliphatic heterocycles. The van der Waals surface area contributed by atoms with Gasteiger partial charge in [-0.2, -0.15) is 0 Å². The summed E-state index contributed by atoms with van der Waals surface area (Å²) in [5.74, 6) is 0.756. The van der Waals surface area contributed by atoms with E-state index in [-0.39, 0.29) is 0 Å². The Labute approximate surface area is 175 Å². The Kier molecular flexibility index (Phi) is 5.14. The van der Waals surface area contributed by atoms with E-state index in [1.54, 1.807) is 24.3 Å². The molecule has 0 bridgehead atoms. The Morgan fingerprint density at radius 3 is 2.43 bits per heavy atom. The predicted molar refractivity (Wildman–Crippen MR) is 118 cm³/mol. The SMILES string of the molecule is CC(C)c1ccc2c(c1)c([C@@H]1CCN(C)C1)cn2S(=O)(=O)c1ccc(Br)cc1. The summed E-state index contributed by atoms with van der Waals surface area (Å²) in [7, 11) is -1.53. The zero-order valence-electron chi connectivity index (χ0n) is 16.4. The number of hydrogen-bond donors (Lipinski definition) is 0. The summed E-state index contributed by atoms with van der Waals surface area (Å²) in [5.41, 5.74) is 3.14. The van der Waals surface area contributed by atoms with Crippen LogP contribution < -0.4 is 0 Å². The summed E-state index contributed by atoms with van der Waals surface area (Å²) in [5, 5.41) is 1.06. The van der Waals surface area contributed by atoms with Crippen LogP contribution in [0.3, 0.4) is 0 Å². The number of likely N-dealkylation sites (tertiary alicyclic amines) is 1. The van der Waals surface area contributed by atoms with Gasteiger partial charge in [0.05, 0.1) is 10.4 Å². The first-order valence-corrected chi connectivity index (χ1v) is 11.9. The van der Waals surface area contributed by atoms with Gasteiger partial charge in [-0.1, -0.05) is 35.8 Å². The molecule has 1 aliphatic rings. The van der Waals surface area contributed by atoms with Crippen molar-refractivity contribution >= 4 is 36.9 Å². The first kappa shape index (κ1) is 19.7. The number of fused-ring (bicyclic) bond motifs is 1. The second kappa shape index (κ2) is 7.32. The van der Waals surface area contributed by atoms with Crippen molar-refractivity contribution in [3.63, 3.8) is 0 Å². The van der Waals surface area contributed by atoms with Crippen molar-refractivity contribution in [3.05, 3.63) is 64.3 Å². The van der Waals surface area contributed by atoms with Crippen molar-refractivity contribution in [3.8, 4) is 0 Å². The van der Waals surface area contributed by atoms with Crippen LogP contribution in [0, 0.1) is 0 Å². The molecular weight excluding hydrogens is 436 g/mol. The van der Waals surface area contributed by atoms with Crippen molar-refractivity contribution in [1.29, 1.82) is 0 Å². The standard InChI is InChI=1S/C22H25BrN2O2S/c1-15(2)16-4-9-22-20(12-16)21(17-10-11-24(3)13-17)14-25(22)28(26,27)19-7-5-18(23)6-8-19/h4-9,12,14-15,17H,10-11,13H2,1-3H3/t17-/m1/s1. The van der Waals surface area contributed by atoms with Gasteiger partial charge >= 0.3 is 0 Å². The number of nitrogens with zero attached hydrogens (tertiary/aromatic N) is 2. The molecule has 4 rings (SSSR count). The lowest BCUT2D eigenvalue weighted by atomic mass is 9.95. The van der Waals surface area contributed by atoms with E-state index < -0.39 is 10.0 Å². The molecule has 1 saturated heterocycles. The Bertz CT molecular complexity index is 1120. The van der Waals surface area contributed by atoms with Gasteiger partial charge in [0.2, 0.25) is 0 Å². The maximum absolute atomic E-state index is 13.4. The normalized spacial score (nSPS) is 18.4. The molecule has 0 aliphatic carbocycles. The lowest BCUT2D eigenvalue weighted by molar-refractivity contribution is 0.412. The highest BCUT2D eigenvalue weighted by Crippen LogP contribution is 2.36. The minimum Gasteiger partial charge on any atom is -0.306 e. The van der Waals surface area contributed by atoms with Gasteiger partial charge in [-0.25, -0.2) is 12.4 Å². The Morgan fingerprint density at radius 1 is 1.11 bits per heavy atom. The predicted octanol–water partition coefficient (Wildman–Crippen LogP) is 5.18. The summed E-state index contributed by atoms with van der Waals surface area (Å²) in [4.78, 5) is 2.61. The molecule has 1 aromatic heterocycles. The molecule has 0 radical (unpaired) electrons. The molecule has 148 valence electrons. The summed E-state index contributed by atoms with van der Waals surface area (Å²) < 4.78 is 29.2. The summed E-state index contributed by atoms with van der Waals surface area (Å²) in [6.45, 7) is 6.34. The van der Waals surface area contributed by atoms with E-state index in [4.69, 9.17) is 0 Å². The molecule has 3 aromatic rings. The molecule has 0 saturated carbocycles. The minimum absolute atomic E-state index is 0.302. The van der Waals surface area contributed by atoms with E-state index in [2.05, 4.69) is 47.8 Å². The highest BCUT2D eigenvalue weighted by molar-refractivity contribution is 9.10. The molecule has 0 N–H and O–H groups in total. The van der Waals surface area contributed by atoms with E-state index >= 15 is 0 Å². The Morgan fingerprint density at radius 2 is 1.82 bits per heavy atom. The van der Waals surface area contributed by atoms with Crippen LogP contribution in [0.4, 0.5) is 0 Å². The zero-order valence-corrected chi connectivity index (χ0v) is 18.8. The van der Waals surface area contributed by atoms with E-state index in [1.165, 1.54) is 9.54 Å². The topological polar surface area (TPSA) is 42.3 Å². The molecular formula is C22H25BrN2O2S. The number of aromatic nitrogens is 1. The summed E-state index contributed by atoms with van der Waals surface area (Å²) in [6, 6.07) is 13.0. The van der Waals surface area contributed by atoms with Crippen LogP contribution >= 0.6 is 15.9 Å². The third kappa shape index (κ3) is 3.42. The lowest BCUT2D eigenvalue weighted by Crippen LogP contribution is -2.13. The van der Waals surface area contributed by atoms with Crippen LogP contribution in [0.1, 0.15) is 43.2 Å². The molecule has 6 heteroatoms. The van der Waals surface area contributed by atoms with E-state index in [0.717, 1.165) is 40.4 Å². The maximum Gasteiger partial charge on any atom is 0.268 e. The van der Waals surface area contributed by atoms with Crippen molar-refractivity contribution < 1.29 is 8.42 Å². The maximum atomic E-state index is 13.4. The number of halogens is 1.